The summed E-state index contributed by atoms with van der Waals surface area (Å²) in [6.45, 7) is 10.6. The summed E-state index contributed by atoms with van der Waals surface area (Å²) in [7, 11) is 0. The van der Waals surface area contributed by atoms with E-state index >= 15 is 4.39 Å². The quantitative estimate of drug-likeness (QED) is 0.304. The van der Waals surface area contributed by atoms with Gasteiger partial charge in [-0.05, 0) is 74.1 Å². The SMILES string of the molecule is CCc1c(F)ccc2cc(O)cc(N3CCc4c(nc(OC[C@@]56CCCN5C[C@H](C)C6)nc4N4CCCn5nc(N)cc5C4)C3)c12. The minimum atomic E-state index is -0.220. The molecule has 0 unspecified atom stereocenters. The van der Waals surface area contributed by atoms with Crippen LogP contribution in [0, 0.1) is 11.7 Å². The lowest BCUT2D eigenvalue weighted by Gasteiger charge is -2.35. The van der Waals surface area contributed by atoms with Gasteiger partial charge in [-0.25, -0.2) is 4.39 Å². The van der Waals surface area contributed by atoms with E-state index in [1.807, 2.05) is 17.7 Å². The molecule has 2 atom stereocenters. The molecule has 2 saturated heterocycles. The van der Waals surface area contributed by atoms with Gasteiger partial charge in [0.2, 0.25) is 0 Å². The number of benzene rings is 2. The Kier molecular flexibility index (Phi) is 7.19. The van der Waals surface area contributed by atoms with Gasteiger partial charge >= 0.3 is 6.01 Å². The Morgan fingerprint density at radius 1 is 1.07 bits per heavy atom. The molecule has 4 aromatic rings. The normalized spacial score (nSPS) is 23.0. The fourth-order valence-corrected chi connectivity index (χ4v) is 8.68. The standard InChI is InChI=1S/C35H43FN8O2/c1-3-26-28(36)7-6-23-14-25(45)16-30(32(23)26)41-13-8-27-29(20-41)38-34(46-21-35-9-4-11-43(35)18-22(2)17-35)39-33(27)42-10-5-12-44-24(19-42)15-31(37)40-44/h6-7,14-16,22,45H,3-5,8-13,17-21H2,1-2H3,(H2,37,40)/t22-,35+/m1/s1. The molecule has 8 rings (SSSR count). The van der Waals surface area contributed by atoms with Crippen molar-refractivity contribution in [3.8, 4) is 11.8 Å². The van der Waals surface area contributed by atoms with E-state index in [2.05, 4.69) is 26.7 Å². The van der Waals surface area contributed by atoms with Gasteiger partial charge < -0.3 is 25.4 Å². The van der Waals surface area contributed by atoms with Crippen molar-refractivity contribution in [1.82, 2.24) is 24.6 Å². The number of fused-ring (bicyclic) bond motifs is 4. The molecular weight excluding hydrogens is 583 g/mol. The highest BCUT2D eigenvalue weighted by Gasteiger charge is 2.48. The van der Waals surface area contributed by atoms with Gasteiger partial charge in [0.25, 0.3) is 0 Å². The molecule has 0 aliphatic carbocycles. The highest BCUT2D eigenvalue weighted by Crippen LogP contribution is 2.42. The number of aromatic nitrogens is 4. The van der Waals surface area contributed by atoms with Crippen LogP contribution in [0.5, 0.6) is 11.8 Å². The second-order valence-corrected chi connectivity index (χ2v) is 13.8. The molecule has 2 fully saturated rings. The monoisotopic (exact) mass is 626 g/mol. The van der Waals surface area contributed by atoms with E-state index in [-0.39, 0.29) is 17.1 Å². The number of aromatic hydroxyl groups is 1. The Morgan fingerprint density at radius 3 is 2.83 bits per heavy atom. The third kappa shape index (κ3) is 4.99. The van der Waals surface area contributed by atoms with Crippen molar-refractivity contribution in [2.24, 2.45) is 5.92 Å². The molecule has 4 aliphatic rings. The molecule has 11 heteroatoms. The molecule has 46 heavy (non-hydrogen) atoms. The maximum atomic E-state index is 15.0. The fourth-order valence-electron chi connectivity index (χ4n) is 8.68. The van der Waals surface area contributed by atoms with Gasteiger partial charge in [0, 0.05) is 54.9 Å². The van der Waals surface area contributed by atoms with Crippen LogP contribution in [0.25, 0.3) is 10.8 Å². The van der Waals surface area contributed by atoms with Crippen molar-refractivity contribution >= 4 is 28.1 Å². The molecule has 0 radical (unpaired) electrons. The third-order valence-corrected chi connectivity index (χ3v) is 10.7. The summed E-state index contributed by atoms with van der Waals surface area (Å²) in [5, 5.41) is 16.9. The first kappa shape index (κ1) is 29.3. The van der Waals surface area contributed by atoms with E-state index in [4.69, 9.17) is 20.4 Å². The van der Waals surface area contributed by atoms with Crippen molar-refractivity contribution < 1.29 is 14.2 Å². The van der Waals surface area contributed by atoms with Gasteiger partial charge in [-0.15, -0.1) is 0 Å². The number of nitrogen functional groups attached to an aromatic ring is 1. The Labute approximate surface area is 269 Å². The molecule has 0 saturated carbocycles. The highest BCUT2D eigenvalue weighted by molar-refractivity contribution is 5.98. The van der Waals surface area contributed by atoms with E-state index in [0.717, 1.165) is 84.7 Å². The van der Waals surface area contributed by atoms with Crippen molar-refractivity contribution in [3.63, 3.8) is 0 Å². The zero-order chi connectivity index (χ0) is 31.6. The smallest absolute Gasteiger partial charge is 0.318 e. The summed E-state index contributed by atoms with van der Waals surface area (Å²) < 4.78 is 23.6. The number of anilines is 3. The Hall–Kier alpha value is -4.12. The summed E-state index contributed by atoms with van der Waals surface area (Å²) in [6.07, 6.45) is 5.67. The summed E-state index contributed by atoms with van der Waals surface area (Å²) >= 11 is 0. The summed E-state index contributed by atoms with van der Waals surface area (Å²) in [5.74, 6) is 2.05. The molecule has 0 bridgehead atoms. The Morgan fingerprint density at radius 2 is 1.96 bits per heavy atom. The van der Waals surface area contributed by atoms with Crippen molar-refractivity contribution in [2.75, 3.05) is 48.3 Å². The minimum absolute atomic E-state index is 0.0542. The highest BCUT2D eigenvalue weighted by atomic mass is 19.1. The lowest BCUT2D eigenvalue weighted by molar-refractivity contribution is 0.107. The molecule has 10 nitrogen and oxygen atoms in total. The van der Waals surface area contributed by atoms with Gasteiger partial charge in [0.15, 0.2) is 0 Å². The second-order valence-electron chi connectivity index (χ2n) is 13.8. The maximum Gasteiger partial charge on any atom is 0.318 e. The Bertz CT molecular complexity index is 1810. The van der Waals surface area contributed by atoms with Gasteiger partial charge in [0.05, 0.1) is 30.0 Å². The zero-order valence-electron chi connectivity index (χ0n) is 26.8. The van der Waals surface area contributed by atoms with Crippen molar-refractivity contribution in [1.29, 1.82) is 0 Å². The zero-order valence-corrected chi connectivity index (χ0v) is 26.8. The van der Waals surface area contributed by atoms with Crippen molar-refractivity contribution in [2.45, 2.75) is 77.5 Å². The van der Waals surface area contributed by atoms with Crippen LogP contribution in [-0.4, -0.2) is 68.1 Å². The number of aryl methyl sites for hydroxylation is 2. The number of nitrogens with zero attached hydrogens (tertiary/aromatic N) is 7. The molecule has 242 valence electrons. The first-order valence-electron chi connectivity index (χ1n) is 16.8. The average molecular weight is 627 g/mol. The molecule has 2 aromatic carbocycles. The number of halogens is 1. The molecular formula is C35H43FN8O2. The lowest BCUT2D eigenvalue weighted by atomic mass is 9.92. The van der Waals surface area contributed by atoms with Gasteiger partial charge in [-0.1, -0.05) is 19.9 Å². The van der Waals surface area contributed by atoms with Crippen LogP contribution >= 0.6 is 0 Å². The van der Waals surface area contributed by atoms with Crippen molar-refractivity contribution in [3.05, 3.63) is 58.7 Å². The van der Waals surface area contributed by atoms with Gasteiger partial charge in [-0.2, -0.15) is 15.1 Å². The number of ether oxygens (including phenoxy) is 1. The van der Waals surface area contributed by atoms with Gasteiger partial charge in [0.1, 0.15) is 29.8 Å². The molecule has 4 aliphatic heterocycles. The van der Waals surface area contributed by atoms with Gasteiger partial charge in [-0.3, -0.25) is 9.58 Å². The second kappa shape index (κ2) is 11.3. The number of hydrogen-bond donors (Lipinski definition) is 2. The van der Waals surface area contributed by atoms with E-state index in [1.54, 1.807) is 18.2 Å². The number of nitrogens with two attached hydrogens (primary N) is 1. The largest absolute Gasteiger partial charge is 0.508 e. The molecule has 2 aromatic heterocycles. The number of phenols is 1. The molecule has 0 spiro atoms. The summed E-state index contributed by atoms with van der Waals surface area (Å²) in [4.78, 5) is 17.4. The van der Waals surface area contributed by atoms with Crippen LogP contribution in [0.4, 0.5) is 21.7 Å². The van der Waals surface area contributed by atoms with E-state index < -0.39 is 0 Å². The minimum Gasteiger partial charge on any atom is -0.508 e. The van der Waals surface area contributed by atoms with E-state index in [0.29, 0.717) is 62.4 Å². The number of phenolic OH excluding ortho intramolecular Hbond substituents is 1. The topological polar surface area (TPSA) is 109 Å². The fraction of sp³-hybridized carbons (Fsp3) is 0.514. The molecule has 0 amide bonds. The number of hydrogen-bond acceptors (Lipinski definition) is 9. The van der Waals surface area contributed by atoms with Crippen LogP contribution < -0.4 is 20.3 Å². The third-order valence-electron chi connectivity index (χ3n) is 10.7. The van der Waals surface area contributed by atoms with E-state index in [9.17, 15) is 5.11 Å². The average Bonchev–Trinajstić information content (AvgIpc) is 3.64. The predicted molar refractivity (Wildman–Crippen MR) is 177 cm³/mol. The van der Waals surface area contributed by atoms with Crippen LogP contribution in [-0.2, 0) is 32.5 Å². The van der Waals surface area contributed by atoms with Crippen LogP contribution in [0.3, 0.4) is 0 Å². The lowest BCUT2D eigenvalue weighted by Crippen LogP contribution is -2.43. The van der Waals surface area contributed by atoms with E-state index in [1.165, 1.54) is 12.5 Å². The summed E-state index contributed by atoms with van der Waals surface area (Å²) in [5.41, 5.74) is 10.7. The maximum absolute atomic E-state index is 15.0. The number of rotatable bonds is 6. The van der Waals surface area contributed by atoms with Crippen LogP contribution in [0.15, 0.2) is 30.3 Å². The predicted octanol–water partition coefficient (Wildman–Crippen LogP) is 5.04. The first-order valence-corrected chi connectivity index (χ1v) is 16.8. The summed E-state index contributed by atoms with van der Waals surface area (Å²) in [6, 6.07) is 9.10. The molecule has 6 heterocycles. The van der Waals surface area contributed by atoms with Crippen LogP contribution in [0.1, 0.15) is 62.0 Å². The molecule has 3 N–H and O–H groups in total. The first-order chi connectivity index (χ1) is 22.3. The van der Waals surface area contributed by atoms with Crippen LogP contribution in [0.2, 0.25) is 0 Å². The Balaban J connectivity index is 1.18.